The maximum absolute atomic E-state index is 12.5. The average Bonchev–Trinajstić information content (AvgIpc) is 3.09. The van der Waals surface area contributed by atoms with E-state index >= 15 is 0 Å². The Morgan fingerprint density at radius 3 is 2.74 bits per heavy atom. The molecule has 1 spiro atoms. The summed E-state index contributed by atoms with van der Waals surface area (Å²) >= 11 is 1.70. The van der Waals surface area contributed by atoms with E-state index < -0.39 is 0 Å². The summed E-state index contributed by atoms with van der Waals surface area (Å²) in [5.74, 6) is 0.191. The zero-order chi connectivity index (χ0) is 13.3. The molecule has 1 unspecified atom stereocenters. The molecule has 3 rings (SSSR count). The molecule has 0 radical (unpaired) electrons. The summed E-state index contributed by atoms with van der Waals surface area (Å²) in [7, 11) is 0. The molecule has 2 aliphatic rings. The molecule has 2 aliphatic heterocycles. The van der Waals surface area contributed by atoms with Crippen LogP contribution in [0, 0.1) is 5.41 Å². The topological polar surface area (TPSA) is 32.3 Å². The highest BCUT2D eigenvalue weighted by molar-refractivity contribution is 7.98. The van der Waals surface area contributed by atoms with E-state index in [1.54, 1.807) is 11.8 Å². The maximum Gasteiger partial charge on any atom is 0.253 e. The Bertz CT molecular complexity index is 466. The molecule has 1 N–H and O–H groups in total. The minimum absolute atomic E-state index is 0.191. The Kier molecular flexibility index (Phi) is 3.54. The Labute approximate surface area is 118 Å². The fourth-order valence-corrected chi connectivity index (χ4v) is 3.58. The van der Waals surface area contributed by atoms with Crippen molar-refractivity contribution >= 4 is 17.7 Å². The number of hydrogen-bond acceptors (Lipinski definition) is 3. The SMILES string of the molecule is CSc1ccc(C(=O)N2CCC3(CCNC3)C2)cc1. The summed E-state index contributed by atoms with van der Waals surface area (Å²) in [6.07, 6.45) is 4.41. The highest BCUT2D eigenvalue weighted by atomic mass is 32.2. The predicted octanol–water partition coefficient (Wildman–Crippen LogP) is 2.23. The van der Waals surface area contributed by atoms with E-state index in [9.17, 15) is 4.79 Å². The van der Waals surface area contributed by atoms with Crippen LogP contribution < -0.4 is 5.32 Å². The van der Waals surface area contributed by atoms with Crippen molar-refractivity contribution in [1.29, 1.82) is 0 Å². The molecule has 1 aromatic rings. The molecule has 102 valence electrons. The van der Waals surface area contributed by atoms with Gasteiger partial charge < -0.3 is 10.2 Å². The Morgan fingerprint density at radius 1 is 1.32 bits per heavy atom. The van der Waals surface area contributed by atoms with Gasteiger partial charge in [0, 0.05) is 35.5 Å². The van der Waals surface area contributed by atoms with E-state index in [1.165, 1.54) is 11.3 Å². The van der Waals surface area contributed by atoms with Gasteiger partial charge in [0.15, 0.2) is 0 Å². The first-order valence-corrected chi connectivity index (χ1v) is 8.09. The van der Waals surface area contributed by atoms with E-state index in [0.29, 0.717) is 5.41 Å². The zero-order valence-corrected chi connectivity index (χ0v) is 12.1. The van der Waals surface area contributed by atoms with Gasteiger partial charge in [-0.1, -0.05) is 0 Å². The number of carbonyl (C=O) groups is 1. The molecule has 2 fully saturated rings. The van der Waals surface area contributed by atoms with Crippen molar-refractivity contribution in [3.8, 4) is 0 Å². The van der Waals surface area contributed by atoms with Crippen molar-refractivity contribution in [3.63, 3.8) is 0 Å². The van der Waals surface area contributed by atoms with E-state index in [0.717, 1.165) is 38.2 Å². The standard InChI is InChI=1S/C15H20N2OS/c1-19-13-4-2-12(3-5-13)14(18)17-9-7-15(11-17)6-8-16-10-15/h2-5,16H,6-11H2,1H3. The van der Waals surface area contributed by atoms with Crippen LogP contribution in [0.2, 0.25) is 0 Å². The maximum atomic E-state index is 12.5. The first-order valence-electron chi connectivity index (χ1n) is 6.87. The molecule has 19 heavy (non-hydrogen) atoms. The Hall–Kier alpha value is -1.00. The quantitative estimate of drug-likeness (QED) is 0.841. The van der Waals surface area contributed by atoms with Gasteiger partial charge in [0.25, 0.3) is 5.91 Å². The number of carbonyl (C=O) groups excluding carboxylic acids is 1. The van der Waals surface area contributed by atoms with Crippen LogP contribution >= 0.6 is 11.8 Å². The summed E-state index contributed by atoms with van der Waals surface area (Å²) in [6.45, 7) is 4.00. The van der Waals surface area contributed by atoms with E-state index in [4.69, 9.17) is 0 Å². The van der Waals surface area contributed by atoms with Crippen LogP contribution in [0.15, 0.2) is 29.2 Å². The molecule has 0 bridgehead atoms. The number of amides is 1. The lowest BCUT2D eigenvalue weighted by atomic mass is 9.86. The van der Waals surface area contributed by atoms with Crippen LogP contribution in [0.5, 0.6) is 0 Å². The molecule has 0 saturated carbocycles. The minimum atomic E-state index is 0.191. The molecule has 1 amide bonds. The smallest absolute Gasteiger partial charge is 0.253 e. The molecule has 2 saturated heterocycles. The largest absolute Gasteiger partial charge is 0.338 e. The summed E-state index contributed by atoms with van der Waals surface area (Å²) in [5, 5.41) is 3.43. The number of thioether (sulfide) groups is 1. The molecule has 0 aliphatic carbocycles. The Morgan fingerprint density at radius 2 is 2.11 bits per heavy atom. The fourth-order valence-electron chi connectivity index (χ4n) is 3.17. The van der Waals surface area contributed by atoms with Crippen LogP contribution in [0.4, 0.5) is 0 Å². The van der Waals surface area contributed by atoms with Gasteiger partial charge >= 0.3 is 0 Å². The average molecular weight is 276 g/mol. The Balaban J connectivity index is 1.70. The second-order valence-electron chi connectivity index (χ2n) is 5.63. The van der Waals surface area contributed by atoms with E-state index in [1.807, 2.05) is 35.4 Å². The predicted molar refractivity (Wildman–Crippen MR) is 78.7 cm³/mol. The highest BCUT2D eigenvalue weighted by Crippen LogP contribution is 2.36. The second-order valence-corrected chi connectivity index (χ2v) is 6.51. The molecule has 1 atom stereocenters. The molecule has 4 heteroatoms. The van der Waals surface area contributed by atoms with Crippen LogP contribution in [0.1, 0.15) is 23.2 Å². The third kappa shape index (κ3) is 2.51. The minimum Gasteiger partial charge on any atom is -0.338 e. The summed E-state index contributed by atoms with van der Waals surface area (Å²) in [6, 6.07) is 7.96. The lowest BCUT2D eigenvalue weighted by Gasteiger charge is -2.22. The van der Waals surface area contributed by atoms with Crippen LogP contribution in [-0.2, 0) is 0 Å². The molecule has 3 nitrogen and oxygen atoms in total. The number of nitrogens with one attached hydrogen (secondary N) is 1. The van der Waals surface area contributed by atoms with Crippen molar-refractivity contribution in [2.24, 2.45) is 5.41 Å². The summed E-state index contributed by atoms with van der Waals surface area (Å²) in [5.41, 5.74) is 1.18. The fraction of sp³-hybridized carbons (Fsp3) is 0.533. The van der Waals surface area contributed by atoms with Crippen LogP contribution in [-0.4, -0.2) is 43.2 Å². The lowest BCUT2D eigenvalue weighted by molar-refractivity contribution is 0.0775. The number of benzene rings is 1. The van der Waals surface area contributed by atoms with Gasteiger partial charge in [0.2, 0.25) is 0 Å². The monoisotopic (exact) mass is 276 g/mol. The zero-order valence-electron chi connectivity index (χ0n) is 11.3. The van der Waals surface area contributed by atoms with Crippen molar-refractivity contribution < 1.29 is 4.79 Å². The van der Waals surface area contributed by atoms with Gasteiger partial charge in [-0.25, -0.2) is 0 Å². The van der Waals surface area contributed by atoms with Crippen molar-refractivity contribution in [3.05, 3.63) is 29.8 Å². The van der Waals surface area contributed by atoms with E-state index in [2.05, 4.69) is 5.32 Å². The van der Waals surface area contributed by atoms with Crippen molar-refractivity contribution in [2.75, 3.05) is 32.4 Å². The normalized spacial score (nSPS) is 26.3. The highest BCUT2D eigenvalue weighted by Gasteiger charge is 2.41. The van der Waals surface area contributed by atoms with Gasteiger partial charge in [0.1, 0.15) is 0 Å². The number of rotatable bonds is 2. The number of hydrogen-bond donors (Lipinski definition) is 1. The van der Waals surface area contributed by atoms with Gasteiger partial charge in [-0.05, 0) is 49.9 Å². The molecule has 1 aromatic carbocycles. The van der Waals surface area contributed by atoms with E-state index in [-0.39, 0.29) is 5.91 Å². The number of likely N-dealkylation sites (tertiary alicyclic amines) is 1. The lowest BCUT2D eigenvalue weighted by Crippen LogP contribution is -2.33. The summed E-state index contributed by atoms with van der Waals surface area (Å²) in [4.78, 5) is 15.7. The van der Waals surface area contributed by atoms with Gasteiger partial charge in [-0.3, -0.25) is 4.79 Å². The van der Waals surface area contributed by atoms with Crippen LogP contribution in [0.25, 0.3) is 0 Å². The van der Waals surface area contributed by atoms with Gasteiger partial charge in [-0.15, -0.1) is 11.8 Å². The second kappa shape index (κ2) is 5.17. The molecular weight excluding hydrogens is 256 g/mol. The van der Waals surface area contributed by atoms with Crippen molar-refractivity contribution in [2.45, 2.75) is 17.7 Å². The first kappa shape index (κ1) is 13.0. The third-order valence-corrected chi connectivity index (χ3v) is 5.14. The van der Waals surface area contributed by atoms with Crippen molar-refractivity contribution in [1.82, 2.24) is 10.2 Å². The third-order valence-electron chi connectivity index (χ3n) is 4.39. The summed E-state index contributed by atoms with van der Waals surface area (Å²) < 4.78 is 0. The molecule has 0 aromatic heterocycles. The van der Waals surface area contributed by atoms with Crippen LogP contribution in [0.3, 0.4) is 0 Å². The first-order chi connectivity index (χ1) is 9.22. The molecular formula is C15H20N2OS. The van der Waals surface area contributed by atoms with Gasteiger partial charge in [0.05, 0.1) is 0 Å². The number of nitrogens with zero attached hydrogens (tertiary/aromatic N) is 1. The molecule has 2 heterocycles. The van der Waals surface area contributed by atoms with Gasteiger partial charge in [-0.2, -0.15) is 0 Å².